The van der Waals surface area contributed by atoms with Crippen LogP contribution >= 0.6 is 23.2 Å². The van der Waals surface area contributed by atoms with Gasteiger partial charge in [-0.15, -0.1) is 0 Å². The SMILES string of the molecule is CCCNC(c1ccc(Cl)cc1F)c1cc(Cl)ccc1F. The van der Waals surface area contributed by atoms with Crippen molar-refractivity contribution >= 4 is 23.2 Å². The van der Waals surface area contributed by atoms with Gasteiger partial charge in [-0.25, -0.2) is 8.78 Å². The molecule has 21 heavy (non-hydrogen) atoms. The van der Waals surface area contributed by atoms with Crippen LogP contribution in [0.1, 0.15) is 30.5 Å². The molecule has 0 spiro atoms. The van der Waals surface area contributed by atoms with Crippen molar-refractivity contribution in [2.24, 2.45) is 0 Å². The Kier molecular flexibility index (Phi) is 5.57. The zero-order valence-corrected chi connectivity index (χ0v) is 13.0. The standard InChI is InChI=1S/C16H15Cl2F2N/c1-2-7-21-16(12-5-3-11(18)9-15(12)20)13-8-10(17)4-6-14(13)19/h3-6,8-9,16,21H,2,7H2,1H3. The number of nitrogens with one attached hydrogen (secondary N) is 1. The predicted molar refractivity (Wildman–Crippen MR) is 83.0 cm³/mol. The van der Waals surface area contributed by atoms with Gasteiger partial charge in [-0.3, -0.25) is 0 Å². The van der Waals surface area contributed by atoms with Gasteiger partial charge in [0.15, 0.2) is 0 Å². The molecule has 0 fully saturated rings. The summed E-state index contributed by atoms with van der Waals surface area (Å²) in [7, 11) is 0. The van der Waals surface area contributed by atoms with Crippen LogP contribution in [0.2, 0.25) is 10.0 Å². The Bertz CT molecular complexity index is 632. The lowest BCUT2D eigenvalue weighted by Crippen LogP contribution is -2.25. The molecule has 0 saturated carbocycles. The Morgan fingerprint density at radius 1 is 0.952 bits per heavy atom. The van der Waals surface area contributed by atoms with E-state index in [1.165, 1.54) is 24.3 Å². The van der Waals surface area contributed by atoms with Crippen molar-refractivity contribution in [1.29, 1.82) is 0 Å². The quantitative estimate of drug-likeness (QED) is 0.778. The van der Waals surface area contributed by atoms with Crippen molar-refractivity contribution in [2.75, 3.05) is 6.54 Å². The molecule has 0 aromatic heterocycles. The van der Waals surface area contributed by atoms with Gasteiger partial charge in [0.2, 0.25) is 0 Å². The van der Waals surface area contributed by atoms with Gasteiger partial charge in [-0.2, -0.15) is 0 Å². The van der Waals surface area contributed by atoms with Crippen LogP contribution in [-0.2, 0) is 0 Å². The molecule has 0 bridgehead atoms. The minimum absolute atomic E-state index is 0.303. The van der Waals surface area contributed by atoms with Gasteiger partial charge in [0.05, 0.1) is 6.04 Å². The Morgan fingerprint density at radius 3 is 2.29 bits per heavy atom. The van der Waals surface area contributed by atoms with Gasteiger partial charge < -0.3 is 5.32 Å². The highest BCUT2D eigenvalue weighted by Gasteiger charge is 2.21. The molecular weight excluding hydrogens is 315 g/mol. The van der Waals surface area contributed by atoms with E-state index < -0.39 is 17.7 Å². The van der Waals surface area contributed by atoms with E-state index in [1.54, 1.807) is 12.1 Å². The van der Waals surface area contributed by atoms with Crippen molar-refractivity contribution in [3.8, 4) is 0 Å². The van der Waals surface area contributed by atoms with Gasteiger partial charge in [-0.05, 0) is 43.3 Å². The van der Waals surface area contributed by atoms with E-state index in [0.29, 0.717) is 27.7 Å². The second-order valence-electron chi connectivity index (χ2n) is 4.72. The first-order chi connectivity index (χ1) is 10.0. The summed E-state index contributed by atoms with van der Waals surface area (Å²) in [6.45, 7) is 2.61. The predicted octanol–water partition coefficient (Wildman–Crippen LogP) is 5.36. The molecule has 1 N–H and O–H groups in total. The molecule has 0 saturated heterocycles. The fourth-order valence-electron chi connectivity index (χ4n) is 2.15. The highest BCUT2D eigenvalue weighted by atomic mass is 35.5. The fourth-order valence-corrected chi connectivity index (χ4v) is 2.49. The molecule has 2 aromatic rings. The van der Waals surface area contributed by atoms with Crippen LogP contribution < -0.4 is 5.32 Å². The zero-order valence-electron chi connectivity index (χ0n) is 11.5. The smallest absolute Gasteiger partial charge is 0.129 e. The van der Waals surface area contributed by atoms with Crippen molar-refractivity contribution in [2.45, 2.75) is 19.4 Å². The van der Waals surface area contributed by atoms with Crippen molar-refractivity contribution in [3.05, 3.63) is 69.2 Å². The number of rotatable bonds is 5. The van der Waals surface area contributed by atoms with E-state index in [-0.39, 0.29) is 0 Å². The Balaban J connectivity index is 2.49. The van der Waals surface area contributed by atoms with Crippen LogP contribution in [-0.4, -0.2) is 6.54 Å². The molecule has 1 nitrogen and oxygen atoms in total. The summed E-state index contributed by atoms with van der Waals surface area (Å²) in [5.41, 5.74) is 0.659. The number of hydrogen-bond donors (Lipinski definition) is 1. The number of benzene rings is 2. The Morgan fingerprint density at radius 2 is 1.62 bits per heavy atom. The van der Waals surface area contributed by atoms with Crippen molar-refractivity contribution in [1.82, 2.24) is 5.32 Å². The Labute approximate surface area is 132 Å². The first-order valence-corrected chi connectivity index (χ1v) is 7.41. The summed E-state index contributed by atoms with van der Waals surface area (Å²) in [6, 6.07) is 8.02. The molecule has 112 valence electrons. The normalized spacial score (nSPS) is 12.4. The van der Waals surface area contributed by atoms with Gasteiger partial charge >= 0.3 is 0 Å². The third-order valence-electron chi connectivity index (χ3n) is 3.14. The minimum atomic E-state index is -0.610. The number of halogens is 4. The summed E-state index contributed by atoms with van der Waals surface area (Å²) in [5, 5.41) is 3.86. The van der Waals surface area contributed by atoms with E-state index >= 15 is 0 Å². The van der Waals surface area contributed by atoms with Gasteiger partial charge in [-0.1, -0.05) is 36.2 Å². The van der Waals surface area contributed by atoms with Crippen molar-refractivity contribution < 1.29 is 8.78 Å². The summed E-state index contributed by atoms with van der Waals surface area (Å²) in [6.07, 6.45) is 0.841. The molecule has 2 rings (SSSR count). The van der Waals surface area contributed by atoms with E-state index in [9.17, 15) is 8.78 Å². The maximum atomic E-state index is 14.2. The summed E-state index contributed by atoms with van der Waals surface area (Å²) in [4.78, 5) is 0. The van der Waals surface area contributed by atoms with Crippen LogP contribution in [0.3, 0.4) is 0 Å². The van der Waals surface area contributed by atoms with Crippen LogP contribution in [0, 0.1) is 11.6 Å². The molecule has 1 atom stereocenters. The van der Waals surface area contributed by atoms with Crippen LogP contribution in [0.25, 0.3) is 0 Å². The first-order valence-electron chi connectivity index (χ1n) is 6.66. The molecule has 0 heterocycles. The highest BCUT2D eigenvalue weighted by molar-refractivity contribution is 6.30. The van der Waals surface area contributed by atoms with Crippen molar-refractivity contribution in [3.63, 3.8) is 0 Å². The second kappa shape index (κ2) is 7.21. The maximum absolute atomic E-state index is 14.2. The third-order valence-corrected chi connectivity index (χ3v) is 3.61. The molecule has 0 aliphatic heterocycles. The average molecular weight is 330 g/mol. The zero-order chi connectivity index (χ0) is 15.4. The molecule has 0 amide bonds. The summed E-state index contributed by atoms with van der Waals surface area (Å²) < 4.78 is 28.3. The Hall–Kier alpha value is -1.16. The fraction of sp³-hybridized carbons (Fsp3) is 0.250. The lowest BCUT2D eigenvalue weighted by atomic mass is 9.97. The van der Waals surface area contributed by atoms with E-state index in [1.807, 2.05) is 6.92 Å². The first kappa shape index (κ1) is 16.2. The van der Waals surface area contributed by atoms with Gasteiger partial charge in [0.1, 0.15) is 11.6 Å². The lowest BCUT2D eigenvalue weighted by molar-refractivity contribution is 0.520. The molecule has 5 heteroatoms. The molecule has 0 radical (unpaired) electrons. The maximum Gasteiger partial charge on any atom is 0.129 e. The topological polar surface area (TPSA) is 12.0 Å². The van der Waals surface area contributed by atoms with Gasteiger partial charge in [0, 0.05) is 21.2 Å². The molecule has 2 aromatic carbocycles. The molecule has 0 aliphatic carbocycles. The minimum Gasteiger partial charge on any atom is -0.306 e. The highest BCUT2D eigenvalue weighted by Crippen LogP contribution is 2.29. The largest absolute Gasteiger partial charge is 0.306 e. The molecular formula is C16H15Cl2F2N. The van der Waals surface area contributed by atoms with Crippen LogP contribution in [0.5, 0.6) is 0 Å². The van der Waals surface area contributed by atoms with E-state index in [0.717, 1.165) is 6.42 Å². The second-order valence-corrected chi connectivity index (χ2v) is 5.59. The monoisotopic (exact) mass is 329 g/mol. The lowest BCUT2D eigenvalue weighted by Gasteiger charge is -2.21. The third kappa shape index (κ3) is 3.94. The molecule has 1 unspecified atom stereocenters. The van der Waals surface area contributed by atoms with Crippen LogP contribution in [0.4, 0.5) is 8.78 Å². The van der Waals surface area contributed by atoms with Crippen LogP contribution in [0.15, 0.2) is 36.4 Å². The number of hydrogen-bond acceptors (Lipinski definition) is 1. The van der Waals surface area contributed by atoms with E-state index in [4.69, 9.17) is 23.2 Å². The van der Waals surface area contributed by atoms with E-state index in [2.05, 4.69) is 5.32 Å². The van der Waals surface area contributed by atoms with Gasteiger partial charge in [0.25, 0.3) is 0 Å². The average Bonchev–Trinajstić information content (AvgIpc) is 2.44. The summed E-state index contributed by atoms with van der Waals surface area (Å²) in [5.74, 6) is -0.905. The summed E-state index contributed by atoms with van der Waals surface area (Å²) >= 11 is 11.7. The molecule has 0 aliphatic rings.